The fourth-order valence-corrected chi connectivity index (χ4v) is 3.45. The van der Waals surface area contributed by atoms with Crippen LogP contribution in [0.25, 0.3) is 10.9 Å². The largest absolute Gasteiger partial charge is 0.398 e. The van der Waals surface area contributed by atoms with Gasteiger partial charge in [-0.05, 0) is 39.5 Å². The minimum atomic E-state index is -0.229. The number of rotatable bonds is 3. The summed E-state index contributed by atoms with van der Waals surface area (Å²) >= 11 is 5.03. The Bertz CT molecular complexity index is 816. The number of carbonyl (C=O) groups excluding carboxylic acids is 1. The first-order valence-corrected chi connectivity index (χ1v) is 7.98. The van der Waals surface area contributed by atoms with Crippen LogP contribution in [0.1, 0.15) is 15.4 Å². The van der Waals surface area contributed by atoms with Gasteiger partial charge >= 0.3 is 0 Å². The molecule has 4 nitrogen and oxygen atoms in total. The fourth-order valence-electron chi connectivity index (χ4n) is 2.02. The van der Waals surface area contributed by atoms with Gasteiger partial charge in [0, 0.05) is 20.4 Å². The smallest absolute Gasteiger partial charge is 0.270 e. The van der Waals surface area contributed by atoms with Crippen molar-refractivity contribution in [2.45, 2.75) is 6.54 Å². The third kappa shape index (κ3) is 2.91. The summed E-state index contributed by atoms with van der Waals surface area (Å²) in [6, 6.07) is 11.1. The quantitative estimate of drug-likeness (QED) is 0.749. The van der Waals surface area contributed by atoms with Crippen LogP contribution in [0.15, 0.2) is 46.3 Å². The van der Waals surface area contributed by atoms with E-state index in [1.54, 1.807) is 17.4 Å². The van der Waals surface area contributed by atoms with Gasteiger partial charge in [-0.25, -0.2) is 4.98 Å². The number of halogens is 1. The van der Waals surface area contributed by atoms with Crippen LogP contribution in [-0.4, -0.2) is 10.9 Å². The number of carbonyl (C=O) groups is 1. The number of amides is 1. The Balaban J connectivity index is 1.83. The highest BCUT2D eigenvalue weighted by atomic mass is 79.9. The molecule has 0 saturated carbocycles. The molecule has 2 heterocycles. The number of hydrogen-bond donors (Lipinski definition) is 2. The van der Waals surface area contributed by atoms with Gasteiger partial charge in [-0.1, -0.05) is 18.2 Å². The van der Waals surface area contributed by atoms with E-state index in [4.69, 9.17) is 5.73 Å². The number of pyridine rings is 1. The van der Waals surface area contributed by atoms with E-state index in [1.165, 1.54) is 0 Å². The van der Waals surface area contributed by atoms with E-state index >= 15 is 0 Å². The van der Waals surface area contributed by atoms with Gasteiger partial charge in [-0.2, -0.15) is 0 Å². The lowest BCUT2D eigenvalue weighted by Crippen LogP contribution is -2.23. The predicted molar refractivity (Wildman–Crippen MR) is 89.3 cm³/mol. The van der Waals surface area contributed by atoms with Crippen molar-refractivity contribution in [3.63, 3.8) is 0 Å². The molecular formula is C15H12BrN3OS. The number of nitrogens with one attached hydrogen (secondary N) is 1. The van der Waals surface area contributed by atoms with Crippen molar-refractivity contribution in [2.75, 3.05) is 5.73 Å². The van der Waals surface area contributed by atoms with Crippen molar-refractivity contribution in [2.24, 2.45) is 0 Å². The van der Waals surface area contributed by atoms with Gasteiger partial charge in [0.05, 0.1) is 12.1 Å². The first-order valence-electron chi connectivity index (χ1n) is 6.30. The normalized spacial score (nSPS) is 10.7. The van der Waals surface area contributed by atoms with Crippen LogP contribution in [-0.2, 0) is 6.54 Å². The van der Waals surface area contributed by atoms with Crippen LogP contribution in [0.5, 0.6) is 0 Å². The molecule has 0 spiro atoms. The Labute approximate surface area is 134 Å². The molecule has 2 aromatic heterocycles. The lowest BCUT2D eigenvalue weighted by molar-refractivity contribution is 0.0946. The number of anilines is 1. The van der Waals surface area contributed by atoms with E-state index in [2.05, 4.69) is 26.2 Å². The van der Waals surface area contributed by atoms with Crippen LogP contribution in [0.4, 0.5) is 5.69 Å². The maximum atomic E-state index is 12.2. The van der Waals surface area contributed by atoms with Crippen molar-refractivity contribution >= 4 is 49.8 Å². The van der Waals surface area contributed by atoms with Gasteiger partial charge in [-0.15, -0.1) is 11.3 Å². The molecule has 1 amide bonds. The van der Waals surface area contributed by atoms with E-state index in [1.807, 2.05) is 35.7 Å². The van der Waals surface area contributed by atoms with Gasteiger partial charge < -0.3 is 11.1 Å². The second kappa shape index (κ2) is 5.83. The van der Waals surface area contributed by atoms with Crippen molar-refractivity contribution < 1.29 is 4.79 Å². The van der Waals surface area contributed by atoms with Crippen molar-refractivity contribution in [3.05, 3.63) is 56.8 Å². The standard InChI is InChI=1S/C15H12BrN3OS/c16-10-5-6-21-14(10)8-18-15(20)13-7-11(17)9-3-1-2-4-12(9)19-13/h1-7H,8H2,(H2,17,19)(H,18,20). The summed E-state index contributed by atoms with van der Waals surface area (Å²) in [5.41, 5.74) is 7.60. The molecule has 3 rings (SSSR count). The second-order valence-electron chi connectivity index (χ2n) is 4.49. The summed E-state index contributed by atoms with van der Waals surface area (Å²) in [4.78, 5) is 17.6. The maximum Gasteiger partial charge on any atom is 0.270 e. The van der Waals surface area contributed by atoms with Crippen LogP contribution in [0, 0.1) is 0 Å². The number of benzene rings is 1. The SMILES string of the molecule is Nc1cc(C(=O)NCc2sccc2Br)nc2ccccc12. The number of hydrogen-bond acceptors (Lipinski definition) is 4. The highest BCUT2D eigenvalue weighted by molar-refractivity contribution is 9.10. The Morgan fingerprint density at radius 1 is 1.33 bits per heavy atom. The average Bonchev–Trinajstić information content (AvgIpc) is 2.90. The van der Waals surface area contributed by atoms with E-state index in [0.29, 0.717) is 17.9 Å². The molecular weight excluding hydrogens is 350 g/mol. The zero-order valence-electron chi connectivity index (χ0n) is 11.0. The molecule has 0 unspecified atom stereocenters. The molecule has 0 fully saturated rings. The Morgan fingerprint density at radius 2 is 2.14 bits per heavy atom. The van der Waals surface area contributed by atoms with E-state index in [9.17, 15) is 4.79 Å². The molecule has 3 N–H and O–H groups in total. The minimum Gasteiger partial charge on any atom is -0.398 e. The molecule has 0 aliphatic rings. The summed E-state index contributed by atoms with van der Waals surface area (Å²) in [5.74, 6) is -0.229. The van der Waals surface area contributed by atoms with Crippen LogP contribution >= 0.6 is 27.3 Å². The van der Waals surface area contributed by atoms with E-state index < -0.39 is 0 Å². The monoisotopic (exact) mass is 361 g/mol. The van der Waals surface area contributed by atoms with Crippen molar-refractivity contribution in [1.29, 1.82) is 0 Å². The Kier molecular flexibility index (Phi) is 3.90. The van der Waals surface area contributed by atoms with Gasteiger partial charge in [0.2, 0.25) is 0 Å². The average molecular weight is 362 g/mol. The molecule has 3 aromatic rings. The highest BCUT2D eigenvalue weighted by Gasteiger charge is 2.11. The molecule has 21 heavy (non-hydrogen) atoms. The Hall–Kier alpha value is -1.92. The van der Waals surface area contributed by atoms with Crippen LogP contribution < -0.4 is 11.1 Å². The molecule has 106 valence electrons. The second-order valence-corrected chi connectivity index (χ2v) is 6.34. The zero-order valence-corrected chi connectivity index (χ0v) is 13.4. The number of aromatic nitrogens is 1. The first kappa shape index (κ1) is 14.0. The molecule has 0 bridgehead atoms. The molecule has 6 heteroatoms. The topological polar surface area (TPSA) is 68.0 Å². The van der Waals surface area contributed by atoms with E-state index in [0.717, 1.165) is 20.3 Å². The fraction of sp³-hybridized carbons (Fsp3) is 0.0667. The summed E-state index contributed by atoms with van der Waals surface area (Å²) in [7, 11) is 0. The van der Waals surface area contributed by atoms with Gasteiger partial charge in [0.1, 0.15) is 5.69 Å². The van der Waals surface area contributed by atoms with Gasteiger partial charge in [-0.3, -0.25) is 4.79 Å². The third-order valence-corrected chi connectivity index (χ3v) is 5.01. The number of nitrogen functional groups attached to an aromatic ring is 1. The van der Waals surface area contributed by atoms with Crippen molar-refractivity contribution in [1.82, 2.24) is 10.3 Å². The highest BCUT2D eigenvalue weighted by Crippen LogP contribution is 2.23. The minimum absolute atomic E-state index is 0.229. The summed E-state index contributed by atoms with van der Waals surface area (Å²) < 4.78 is 0.999. The Morgan fingerprint density at radius 3 is 2.90 bits per heavy atom. The molecule has 0 saturated heterocycles. The number of nitrogens with zero attached hydrogens (tertiary/aromatic N) is 1. The third-order valence-electron chi connectivity index (χ3n) is 3.08. The number of fused-ring (bicyclic) bond motifs is 1. The van der Waals surface area contributed by atoms with Gasteiger partial charge in [0.25, 0.3) is 5.91 Å². The molecule has 1 aromatic carbocycles. The molecule has 0 radical (unpaired) electrons. The van der Waals surface area contributed by atoms with Crippen LogP contribution in [0.3, 0.4) is 0 Å². The summed E-state index contributed by atoms with van der Waals surface area (Å²) in [6.07, 6.45) is 0. The van der Waals surface area contributed by atoms with Crippen molar-refractivity contribution in [3.8, 4) is 0 Å². The maximum absolute atomic E-state index is 12.2. The number of nitrogens with two attached hydrogens (primary N) is 1. The summed E-state index contributed by atoms with van der Waals surface area (Å²) in [5, 5.41) is 5.68. The number of thiophene rings is 1. The predicted octanol–water partition coefficient (Wildman–Crippen LogP) is 3.57. The first-order chi connectivity index (χ1) is 10.1. The summed E-state index contributed by atoms with van der Waals surface area (Å²) in [6.45, 7) is 0.464. The van der Waals surface area contributed by atoms with Gasteiger partial charge in [0.15, 0.2) is 0 Å². The molecule has 0 atom stereocenters. The van der Waals surface area contributed by atoms with Crippen LogP contribution in [0.2, 0.25) is 0 Å². The molecule has 0 aliphatic carbocycles. The lowest BCUT2D eigenvalue weighted by atomic mass is 10.1. The molecule has 0 aliphatic heterocycles. The lowest BCUT2D eigenvalue weighted by Gasteiger charge is -2.07. The zero-order chi connectivity index (χ0) is 14.8. The number of para-hydroxylation sites is 1. The van der Waals surface area contributed by atoms with E-state index in [-0.39, 0.29) is 5.91 Å².